The first-order chi connectivity index (χ1) is 13.2. The summed E-state index contributed by atoms with van der Waals surface area (Å²) in [5.41, 5.74) is 1.84. The minimum absolute atomic E-state index is 0.0234. The lowest BCUT2D eigenvalue weighted by molar-refractivity contribution is -0.111. The Hall–Kier alpha value is -1.96. The van der Waals surface area contributed by atoms with E-state index in [4.69, 9.17) is 4.74 Å². The van der Waals surface area contributed by atoms with Gasteiger partial charge in [0.25, 0.3) is 5.91 Å². The maximum absolute atomic E-state index is 13.2. The molecule has 0 atom stereocenters. The highest BCUT2D eigenvalue weighted by molar-refractivity contribution is 7.17. The van der Waals surface area contributed by atoms with E-state index < -0.39 is 0 Å². The Morgan fingerprint density at radius 1 is 1.19 bits per heavy atom. The predicted molar refractivity (Wildman–Crippen MR) is 110 cm³/mol. The summed E-state index contributed by atoms with van der Waals surface area (Å²) in [4.78, 5) is 29.7. The molecule has 1 saturated heterocycles. The summed E-state index contributed by atoms with van der Waals surface area (Å²) in [7, 11) is 0. The van der Waals surface area contributed by atoms with Gasteiger partial charge in [0, 0.05) is 28.9 Å². The zero-order valence-corrected chi connectivity index (χ0v) is 16.7. The molecule has 2 aliphatic rings. The topological polar surface area (TPSA) is 58.6 Å². The summed E-state index contributed by atoms with van der Waals surface area (Å²) in [6.07, 6.45) is 7.48. The van der Waals surface area contributed by atoms with E-state index in [0.29, 0.717) is 36.9 Å². The van der Waals surface area contributed by atoms with Crippen molar-refractivity contribution < 1.29 is 14.3 Å². The minimum Gasteiger partial charge on any atom is -0.378 e. The molecule has 1 N–H and O–H groups in total. The average molecular weight is 403 g/mol. The smallest absolute Gasteiger partial charge is 0.257 e. The number of nitrogens with one attached hydrogen (secondary N) is 1. The van der Waals surface area contributed by atoms with Crippen molar-refractivity contribution in [3.63, 3.8) is 0 Å². The van der Waals surface area contributed by atoms with Crippen LogP contribution in [0.1, 0.15) is 38.5 Å². The fraction of sp³-hybridized carbons (Fsp3) is 0.400. The predicted octanol–water partition coefficient (Wildman–Crippen LogP) is 3.81. The van der Waals surface area contributed by atoms with Crippen molar-refractivity contribution in [1.29, 1.82) is 0 Å². The number of nitrogens with zero attached hydrogens (tertiary/aromatic N) is 1. The van der Waals surface area contributed by atoms with E-state index >= 15 is 0 Å². The number of anilines is 1. The number of fused-ring (bicyclic) bond motifs is 1. The molecular formula is C20H22N2O3S2. The molecule has 0 saturated carbocycles. The molecule has 0 spiro atoms. The Bertz CT molecular complexity index is 849. The van der Waals surface area contributed by atoms with Crippen LogP contribution in [0, 0.1) is 0 Å². The fourth-order valence-electron chi connectivity index (χ4n) is 3.50. The van der Waals surface area contributed by atoms with Crippen LogP contribution in [0.4, 0.5) is 5.00 Å². The van der Waals surface area contributed by atoms with Crippen LogP contribution in [-0.2, 0) is 22.4 Å². The Kier molecular flexibility index (Phi) is 5.71. The van der Waals surface area contributed by atoms with Gasteiger partial charge in [-0.05, 0) is 48.8 Å². The molecule has 3 heterocycles. The number of carbonyl (C=O) groups is 2. The van der Waals surface area contributed by atoms with Gasteiger partial charge in [0.05, 0.1) is 18.8 Å². The molecule has 2 amide bonds. The van der Waals surface area contributed by atoms with Gasteiger partial charge >= 0.3 is 0 Å². The van der Waals surface area contributed by atoms with Gasteiger partial charge < -0.3 is 15.0 Å². The van der Waals surface area contributed by atoms with E-state index in [2.05, 4.69) is 5.32 Å². The van der Waals surface area contributed by atoms with Crippen LogP contribution in [0.3, 0.4) is 0 Å². The van der Waals surface area contributed by atoms with Gasteiger partial charge in [-0.2, -0.15) is 0 Å². The van der Waals surface area contributed by atoms with Crippen LogP contribution in [0.25, 0.3) is 6.08 Å². The van der Waals surface area contributed by atoms with Gasteiger partial charge in [0.1, 0.15) is 5.00 Å². The SMILES string of the molecule is O=C(/C=C/c1cccs1)Nc1sc2c(c1C(=O)N1CCOCC1)CCCC2. The normalized spacial score (nSPS) is 17.1. The van der Waals surface area contributed by atoms with E-state index in [-0.39, 0.29) is 11.8 Å². The van der Waals surface area contributed by atoms with E-state index in [1.54, 1.807) is 28.7 Å². The first-order valence-electron chi connectivity index (χ1n) is 9.26. The highest BCUT2D eigenvalue weighted by atomic mass is 32.1. The van der Waals surface area contributed by atoms with E-state index in [1.807, 2.05) is 22.4 Å². The molecule has 0 aromatic carbocycles. The number of hydrogen-bond donors (Lipinski definition) is 1. The molecule has 1 fully saturated rings. The van der Waals surface area contributed by atoms with Crippen molar-refractivity contribution >= 4 is 45.6 Å². The summed E-state index contributed by atoms with van der Waals surface area (Å²) in [5.74, 6) is -0.173. The second-order valence-electron chi connectivity index (χ2n) is 6.66. The number of amides is 2. The third-order valence-corrected chi connectivity index (χ3v) is 6.91. The lowest BCUT2D eigenvalue weighted by Crippen LogP contribution is -2.41. The second kappa shape index (κ2) is 8.37. The first-order valence-corrected chi connectivity index (χ1v) is 11.0. The van der Waals surface area contributed by atoms with Crippen LogP contribution in [0.2, 0.25) is 0 Å². The number of carbonyl (C=O) groups excluding carboxylic acids is 2. The molecule has 0 unspecified atom stereocenters. The summed E-state index contributed by atoms with van der Waals surface area (Å²) in [6.45, 7) is 2.36. The zero-order valence-electron chi connectivity index (χ0n) is 15.0. The summed E-state index contributed by atoms with van der Waals surface area (Å²) in [6, 6.07) is 3.92. The summed E-state index contributed by atoms with van der Waals surface area (Å²) >= 11 is 3.15. The van der Waals surface area contributed by atoms with Crippen LogP contribution < -0.4 is 5.32 Å². The van der Waals surface area contributed by atoms with Crippen molar-refractivity contribution in [2.75, 3.05) is 31.6 Å². The summed E-state index contributed by atoms with van der Waals surface area (Å²) in [5, 5.41) is 5.64. The number of hydrogen-bond acceptors (Lipinski definition) is 5. The molecule has 27 heavy (non-hydrogen) atoms. The largest absolute Gasteiger partial charge is 0.378 e. The van der Waals surface area contributed by atoms with Gasteiger partial charge in [-0.3, -0.25) is 9.59 Å². The fourth-order valence-corrected chi connectivity index (χ4v) is 5.40. The highest BCUT2D eigenvalue weighted by Gasteiger charge is 2.29. The second-order valence-corrected chi connectivity index (χ2v) is 8.74. The van der Waals surface area contributed by atoms with Gasteiger partial charge in [-0.15, -0.1) is 22.7 Å². The minimum atomic E-state index is -0.196. The standard InChI is InChI=1S/C20H22N2O3S2/c23-17(8-7-14-4-3-13-26-14)21-19-18(15-5-1-2-6-16(15)27-19)20(24)22-9-11-25-12-10-22/h3-4,7-8,13H,1-2,5-6,9-12H2,(H,21,23)/b8-7+. The Morgan fingerprint density at radius 3 is 2.78 bits per heavy atom. The van der Waals surface area contributed by atoms with Crippen molar-refractivity contribution in [2.24, 2.45) is 0 Å². The van der Waals surface area contributed by atoms with Crippen molar-refractivity contribution in [3.8, 4) is 0 Å². The van der Waals surface area contributed by atoms with Gasteiger partial charge in [0.15, 0.2) is 0 Å². The van der Waals surface area contributed by atoms with Crippen LogP contribution in [0.15, 0.2) is 23.6 Å². The molecule has 142 valence electrons. The van der Waals surface area contributed by atoms with E-state index in [9.17, 15) is 9.59 Å². The number of morpholine rings is 1. The zero-order chi connectivity index (χ0) is 18.6. The Labute approximate surface area is 166 Å². The van der Waals surface area contributed by atoms with Crippen LogP contribution in [-0.4, -0.2) is 43.0 Å². The molecule has 0 radical (unpaired) electrons. The average Bonchev–Trinajstić information content (AvgIpc) is 3.34. The summed E-state index contributed by atoms with van der Waals surface area (Å²) < 4.78 is 5.37. The number of ether oxygens (including phenoxy) is 1. The molecule has 1 aliphatic heterocycles. The lowest BCUT2D eigenvalue weighted by atomic mass is 9.95. The van der Waals surface area contributed by atoms with Gasteiger partial charge in [0.2, 0.25) is 5.91 Å². The Morgan fingerprint density at radius 2 is 2.00 bits per heavy atom. The molecule has 2 aromatic rings. The molecule has 5 nitrogen and oxygen atoms in total. The first kappa shape index (κ1) is 18.4. The maximum Gasteiger partial charge on any atom is 0.257 e. The molecule has 0 bridgehead atoms. The van der Waals surface area contributed by atoms with Gasteiger partial charge in [-0.1, -0.05) is 6.07 Å². The molecule has 1 aliphatic carbocycles. The third kappa shape index (κ3) is 4.15. The van der Waals surface area contributed by atoms with Crippen molar-refractivity contribution in [3.05, 3.63) is 44.5 Å². The molecule has 2 aromatic heterocycles. The van der Waals surface area contributed by atoms with Crippen LogP contribution >= 0.6 is 22.7 Å². The quantitative estimate of drug-likeness (QED) is 0.791. The lowest BCUT2D eigenvalue weighted by Gasteiger charge is -2.27. The number of rotatable bonds is 4. The van der Waals surface area contributed by atoms with E-state index in [1.165, 1.54) is 11.0 Å². The van der Waals surface area contributed by atoms with Crippen LogP contribution in [0.5, 0.6) is 0 Å². The maximum atomic E-state index is 13.2. The Balaban J connectivity index is 1.58. The number of thiophene rings is 2. The monoisotopic (exact) mass is 402 g/mol. The van der Waals surface area contributed by atoms with Crippen molar-refractivity contribution in [1.82, 2.24) is 4.90 Å². The highest BCUT2D eigenvalue weighted by Crippen LogP contribution is 2.39. The molecular weight excluding hydrogens is 380 g/mol. The molecule has 4 rings (SSSR count). The molecule has 7 heteroatoms. The third-order valence-electron chi connectivity index (χ3n) is 4.86. The van der Waals surface area contributed by atoms with Gasteiger partial charge in [-0.25, -0.2) is 0 Å². The van der Waals surface area contributed by atoms with E-state index in [0.717, 1.165) is 36.1 Å². The number of aryl methyl sites for hydroxylation is 1. The van der Waals surface area contributed by atoms with Crippen molar-refractivity contribution in [2.45, 2.75) is 25.7 Å².